The molecule has 1 aliphatic rings. The molecule has 1 saturated heterocycles. The van der Waals surface area contributed by atoms with Crippen molar-refractivity contribution in [2.75, 3.05) is 13.1 Å². The molecule has 1 aromatic rings. The third-order valence-corrected chi connectivity index (χ3v) is 2.96. The molecule has 76 valence electrons. The van der Waals surface area contributed by atoms with Crippen molar-refractivity contribution in [3.05, 3.63) is 17.7 Å². The number of hydrogen-bond donors (Lipinski definition) is 0. The van der Waals surface area contributed by atoms with E-state index in [4.69, 9.17) is 11.6 Å². The minimum Gasteiger partial charge on any atom is -0.345 e. The lowest BCUT2D eigenvalue weighted by Crippen LogP contribution is -2.33. The van der Waals surface area contributed by atoms with E-state index >= 15 is 0 Å². The van der Waals surface area contributed by atoms with Gasteiger partial charge in [0.25, 0.3) is 0 Å². The van der Waals surface area contributed by atoms with Gasteiger partial charge in [-0.15, -0.1) is 0 Å². The highest BCUT2D eigenvalue weighted by atomic mass is 35.5. The molecular weight excluding hydrogens is 202 g/mol. The highest BCUT2D eigenvalue weighted by molar-refractivity contribution is 6.28. The molecule has 1 aliphatic heterocycles. The van der Waals surface area contributed by atoms with E-state index in [9.17, 15) is 4.79 Å². The first-order chi connectivity index (χ1) is 6.81. The van der Waals surface area contributed by atoms with Gasteiger partial charge in [-0.1, -0.05) is 0 Å². The second-order valence-electron chi connectivity index (χ2n) is 3.48. The number of nitrogens with zero attached hydrogens (tertiary/aromatic N) is 3. The summed E-state index contributed by atoms with van der Waals surface area (Å²) in [6.07, 6.45) is 6.41. The van der Waals surface area contributed by atoms with E-state index in [1.165, 1.54) is 0 Å². The van der Waals surface area contributed by atoms with Crippen LogP contribution in [-0.2, 0) is 4.79 Å². The number of hydrogen-bond acceptors (Lipinski definition) is 2. The van der Waals surface area contributed by atoms with Gasteiger partial charge in [0, 0.05) is 31.5 Å². The zero-order chi connectivity index (χ0) is 9.97. The summed E-state index contributed by atoms with van der Waals surface area (Å²) in [5, 5.41) is 0.537. The lowest BCUT2D eigenvalue weighted by atomic mass is 10.1. The Kier molecular flexibility index (Phi) is 2.72. The predicted octanol–water partition coefficient (Wildman–Crippen LogP) is 1.33. The average molecular weight is 214 g/mol. The van der Waals surface area contributed by atoms with Crippen LogP contribution in [-0.4, -0.2) is 34.0 Å². The van der Waals surface area contributed by atoms with Crippen LogP contribution in [0.15, 0.2) is 12.4 Å². The van der Waals surface area contributed by atoms with Gasteiger partial charge >= 0.3 is 0 Å². The molecule has 0 radical (unpaired) electrons. The van der Waals surface area contributed by atoms with E-state index < -0.39 is 0 Å². The first kappa shape index (κ1) is 9.52. The van der Waals surface area contributed by atoms with E-state index in [-0.39, 0.29) is 0 Å². The first-order valence-corrected chi connectivity index (χ1v) is 5.06. The number of amides is 1. The third-order valence-electron chi connectivity index (χ3n) is 2.66. The number of aromatic nitrogens is 2. The highest BCUT2D eigenvalue weighted by Crippen LogP contribution is 2.24. The molecule has 2 rings (SSSR count). The summed E-state index contributed by atoms with van der Waals surface area (Å²) in [6.45, 7) is 1.62. The standard InChI is InChI=1S/C9H12ClN3O/c10-9-11-3-6-13(9)8-1-4-12(7-14)5-2-8/h3,6-8H,1-2,4-5H2. The van der Waals surface area contributed by atoms with Crippen molar-refractivity contribution in [3.8, 4) is 0 Å². The molecule has 1 fully saturated rings. The molecule has 0 aromatic carbocycles. The number of likely N-dealkylation sites (tertiary alicyclic amines) is 1. The largest absolute Gasteiger partial charge is 0.345 e. The van der Waals surface area contributed by atoms with Crippen LogP contribution in [0.2, 0.25) is 5.28 Å². The molecule has 0 unspecified atom stereocenters. The molecule has 14 heavy (non-hydrogen) atoms. The fourth-order valence-corrected chi connectivity index (χ4v) is 2.09. The quantitative estimate of drug-likeness (QED) is 0.696. The summed E-state index contributed by atoms with van der Waals surface area (Å²) in [7, 11) is 0. The van der Waals surface area contributed by atoms with Crippen LogP contribution in [0.25, 0.3) is 0 Å². The van der Waals surface area contributed by atoms with Crippen LogP contribution >= 0.6 is 11.6 Å². The van der Waals surface area contributed by atoms with E-state index in [1.54, 1.807) is 11.1 Å². The van der Waals surface area contributed by atoms with Gasteiger partial charge in [0.15, 0.2) is 0 Å². The summed E-state index contributed by atoms with van der Waals surface area (Å²) in [5.74, 6) is 0. The molecule has 1 amide bonds. The van der Waals surface area contributed by atoms with Gasteiger partial charge in [-0.2, -0.15) is 0 Å². The molecule has 0 bridgehead atoms. The topological polar surface area (TPSA) is 38.1 Å². The maximum absolute atomic E-state index is 10.5. The third kappa shape index (κ3) is 1.75. The van der Waals surface area contributed by atoms with Crippen molar-refractivity contribution < 1.29 is 4.79 Å². The van der Waals surface area contributed by atoms with Gasteiger partial charge in [0.1, 0.15) is 0 Å². The van der Waals surface area contributed by atoms with Crippen LogP contribution in [0.4, 0.5) is 0 Å². The van der Waals surface area contributed by atoms with Crippen molar-refractivity contribution in [2.45, 2.75) is 18.9 Å². The van der Waals surface area contributed by atoms with Crippen molar-refractivity contribution in [1.29, 1.82) is 0 Å². The van der Waals surface area contributed by atoms with Crippen LogP contribution in [0.5, 0.6) is 0 Å². The number of halogens is 1. The number of carbonyl (C=O) groups is 1. The maximum Gasteiger partial charge on any atom is 0.209 e. The fraction of sp³-hybridized carbons (Fsp3) is 0.556. The molecule has 0 atom stereocenters. The lowest BCUT2D eigenvalue weighted by Gasteiger charge is -2.30. The van der Waals surface area contributed by atoms with Crippen molar-refractivity contribution in [3.63, 3.8) is 0 Å². The Hall–Kier alpha value is -1.03. The maximum atomic E-state index is 10.5. The number of imidazole rings is 1. The van der Waals surface area contributed by atoms with Crippen LogP contribution in [0.3, 0.4) is 0 Å². The molecule has 0 spiro atoms. The molecular formula is C9H12ClN3O. The normalized spacial score (nSPS) is 18.5. The minimum atomic E-state index is 0.390. The van der Waals surface area contributed by atoms with Gasteiger partial charge in [0.2, 0.25) is 11.7 Å². The molecule has 0 saturated carbocycles. The Morgan fingerprint density at radius 2 is 2.21 bits per heavy atom. The summed E-state index contributed by atoms with van der Waals surface area (Å²) in [5.41, 5.74) is 0. The summed E-state index contributed by atoms with van der Waals surface area (Å²) in [6, 6.07) is 0.390. The van der Waals surface area contributed by atoms with Crippen LogP contribution < -0.4 is 0 Å². The average Bonchev–Trinajstić information content (AvgIpc) is 2.65. The van der Waals surface area contributed by atoms with Crippen molar-refractivity contribution in [1.82, 2.24) is 14.5 Å². The Morgan fingerprint density at radius 3 is 2.71 bits per heavy atom. The first-order valence-electron chi connectivity index (χ1n) is 4.69. The molecule has 2 heterocycles. The second kappa shape index (κ2) is 4.00. The molecule has 5 heteroatoms. The Morgan fingerprint density at radius 1 is 1.50 bits per heavy atom. The zero-order valence-corrected chi connectivity index (χ0v) is 8.52. The molecule has 0 aliphatic carbocycles. The zero-order valence-electron chi connectivity index (χ0n) is 7.77. The van der Waals surface area contributed by atoms with Gasteiger partial charge in [-0.3, -0.25) is 4.79 Å². The smallest absolute Gasteiger partial charge is 0.209 e. The fourth-order valence-electron chi connectivity index (χ4n) is 1.84. The molecule has 4 nitrogen and oxygen atoms in total. The van der Waals surface area contributed by atoms with E-state index in [0.29, 0.717) is 11.3 Å². The van der Waals surface area contributed by atoms with Crippen LogP contribution in [0.1, 0.15) is 18.9 Å². The minimum absolute atomic E-state index is 0.390. The SMILES string of the molecule is O=CN1CCC(n2ccnc2Cl)CC1. The van der Waals surface area contributed by atoms with Crippen LogP contribution in [0, 0.1) is 0 Å². The Balaban J connectivity index is 2.02. The van der Waals surface area contributed by atoms with E-state index in [1.807, 2.05) is 10.8 Å². The highest BCUT2D eigenvalue weighted by Gasteiger charge is 2.20. The van der Waals surface area contributed by atoms with Crippen molar-refractivity contribution >= 4 is 18.0 Å². The van der Waals surface area contributed by atoms with E-state index in [0.717, 1.165) is 32.3 Å². The monoisotopic (exact) mass is 213 g/mol. The summed E-state index contributed by atoms with van der Waals surface area (Å²) < 4.78 is 1.98. The Bertz CT molecular complexity index is 318. The van der Waals surface area contributed by atoms with Gasteiger partial charge in [0.05, 0.1) is 0 Å². The second-order valence-corrected chi connectivity index (χ2v) is 3.81. The molecule has 1 aromatic heterocycles. The lowest BCUT2D eigenvalue weighted by molar-refractivity contribution is -0.119. The summed E-state index contributed by atoms with van der Waals surface area (Å²) >= 11 is 5.91. The van der Waals surface area contributed by atoms with Crippen molar-refractivity contribution in [2.24, 2.45) is 0 Å². The number of rotatable bonds is 2. The van der Waals surface area contributed by atoms with E-state index in [2.05, 4.69) is 4.98 Å². The predicted molar refractivity (Wildman–Crippen MR) is 53.1 cm³/mol. The Labute approximate surface area is 87.5 Å². The summed E-state index contributed by atoms with van der Waals surface area (Å²) in [4.78, 5) is 16.3. The van der Waals surface area contributed by atoms with Gasteiger partial charge in [-0.25, -0.2) is 4.98 Å². The number of carbonyl (C=O) groups excluding carboxylic acids is 1. The molecule has 0 N–H and O–H groups in total. The number of piperidine rings is 1. The van der Waals surface area contributed by atoms with Gasteiger partial charge in [-0.05, 0) is 24.4 Å². The van der Waals surface area contributed by atoms with Gasteiger partial charge < -0.3 is 9.47 Å².